The fraction of sp³-hybridized carbons (Fsp3) is 0.143. The average Bonchev–Trinajstić information content (AvgIpc) is 2.38. The largest absolute Gasteiger partial charge is 0.296 e. The molecule has 1 aromatic carbocycles. The van der Waals surface area contributed by atoms with Crippen molar-refractivity contribution in [3.63, 3.8) is 0 Å². The summed E-state index contributed by atoms with van der Waals surface area (Å²) in [5.74, 6) is 0. The van der Waals surface area contributed by atoms with Crippen molar-refractivity contribution < 1.29 is 0 Å². The van der Waals surface area contributed by atoms with Gasteiger partial charge in [-0.05, 0) is 24.6 Å². The Hall–Kier alpha value is -2.16. The zero-order valence-corrected chi connectivity index (χ0v) is 9.59. The van der Waals surface area contributed by atoms with E-state index in [0.717, 1.165) is 17.0 Å². The van der Waals surface area contributed by atoms with Gasteiger partial charge in [0.1, 0.15) is 6.04 Å². The van der Waals surface area contributed by atoms with Crippen molar-refractivity contribution in [2.75, 3.05) is 0 Å². The van der Waals surface area contributed by atoms with Crippen molar-refractivity contribution >= 4 is 6.21 Å². The van der Waals surface area contributed by atoms with E-state index >= 15 is 0 Å². The Balaban J connectivity index is 2.09. The number of fused-ring (bicyclic) bond motifs is 1. The van der Waals surface area contributed by atoms with Gasteiger partial charge < -0.3 is 0 Å². The van der Waals surface area contributed by atoms with Gasteiger partial charge in [0, 0.05) is 11.3 Å². The van der Waals surface area contributed by atoms with Crippen LogP contribution in [0.25, 0.3) is 0 Å². The second kappa shape index (κ2) is 4.01. The zero-order valence-electron chi connectivity index (χ0n) is 9.59. The molecule has 2 heterocycles. The topological polar surface area (TPSA) is 37.3 Å². The molecule has 0 fully saturated rings. The summed E-state index contributed by atoms with van der Waals surface area (Å²) in [6, 6.07) is 14.4. The van der Waals surface area contributed by atoms with Gasteiger partial charge in [-0.1, -0.05) is 30.3 Å². The highest BCUT2D eigenvalue weighted by Crippen LogP contribution is 2.25. The first-order chi connectivity index (χ1) is 8.34. The lowest BCUT2D eigenvalue weighted by Gasteiger charge is -2.22. The van der Waals surface area contributed by atoms with Crippen LogP contribution in [0.5, 0.6) is 0 Å². The van der Waals surface area contributed by atoms with Gasteiger partial charge in [-0.25, -0.2) is 0 Å². The van der Waals surface area contributed by atoms with Crippen LogP contribution in [0.3, 0.4) is 0 Å². The van der Waals surface area contributed by atoms with Crippen LogP contribution in [-0.4, -0.2) is 11.2 Å². The molecule has 17 heavy (non-hydrogen) atoms. The van der Waals surface area contributed by atoms with E-state index in [9.17, 15) is 0 Å². The smallest absolute Gasteiger partial charge is 0.112 e. The van der Waals surface area contributed by atoms with E-state index in [2.05, 4.69) is 27.6 Å². The predicted molar refractivity (Wildman–Crippen MR) is 68.0 cm³/mol. The molecule has 0 unspecified atom stereocenters. The highest BCUT2D eigenvalue weighted by Gasteiger charge is 2.19. The number of hydrogen-bond donors (Lipinski definition) is 1. The molecule has 1 aliphatic rings. The summed E-state index contributed by atoms with van der Waals surface area (Å²) in [6.07, 6.45) is 1.85. The molecule has 0 spiro atoms. The number of nitrogens with zero attached hydrogens (tertiary/aromatic N) is 2. The maximum atomic E-state index is 4.56. The molecule has 3 nitrogen and oxygen atoms in total. The van der Waals surface area contributed by atoms with Crippen LogP contribution < -0.4 is 5.43 Å². The van der Waals surface area contributed by atoms with E-state index in [1.807, 2.05) is 43.5 Å². The number of rotatable bonds is 1. The Morgan fingerprint density at radius 3 is 2.82 bits per heavy atom. The molecule has 0 amide bonds. The molecule has 1 aliphatic heterocycles. The number of benzene rings is 1. The molecule has 1 aromatic heterocycles. The van der Waals surface area contributed by atoms with Gasteiger partial charge in [0.2, 0.25) is 0 Å². The summed E-state index contributed by atoms with van der Waals surface area (Å²) < 4.78 is 0. The molecule has 0 radical (unpaired) electrons. The van der Waals surface area contributed by atoms with Gasteiger partial charge in [-0.2, -0.15) is 5.10 Å². The van der Waals surface area contributed by atoms with Crippen molar-refractivity contribution in [3.8, 4) is 0 Å². The third-order valence-electron chi connectivity index (χ3n) is 2.92. The Bertz CT molecular complexity index is 575. The second-order valence-electron chi connectivity index (χ2n) is 4.15. The van der Waals surface area contributed by atoms with E-state index in [0.29, 0.717) is 0 Å². The average molecular weight is 223 g/mol. The minimum Gasteiger partial charge on any atom is -0.296 e. The Morgan fingerprint density at radius 2 is 1.94 bits per heavy atom. The van der Waals surface area contributed by atoms with Crippen LogP contribution in [0.2, 0.25) is 0 Å². The van der Waals surface area contributed by atoms with Crippen LogP contribution in [0, 0.1) is 6.92 Å². The van der Waals surface area contributed by atoms with Gasteiger partial charge >= 0.3 is 0 Å². The Labute approximate surface area is 100 Å². The molecular weight excluding hydrogens is 210 g/mol. The fourth-order valence-electron chi connectivity index (χ4n) is 2.09. The van der Waals surface area contributed by atoms with Crippen LogP contribution in [0.15, 0.2) is 47.6 Å². The van der Waals surface area contributed by atoms with E-state index in [-0.39, 0.29) is 6.04 Å². The van der Waals surface area contributed by atoms with Crippen LogP contribution in [-0.2, 0) is 0 Å². The van der Waals surface area contributed by atoms with Crippen molar-refractivity contribution in [3.05, 3.63) is 65.0 Å². The normalized spacial score (nSPS) is 17.4. The van der Waals surface area contributed by atoms with E-state index in [4.69, 9.17) is 0 Å². The summed E-state index contributed by atoms with van der Waals surface area (Å²) in [4.78, 5) is 4.56. The second-order valence-corrected chi connectivity index (χ2v) is 4.15. The Morgan fingerprint density at radius 1 is 1.06 bits per heavy atom. The highest BCUT2D eigenvalue weighted by atomic mass is 15.3. The molecular formula is C14H13N3. The SMILES string of the molecule is Cc1cccc([C@H]2NN=Cc3ccccc32)n1. The summed E-state index contributed by atoms with van der Waals surface area (Å²) in [7, 11) is 0. The number of aromatic nitrogens is 1. The fourth-order valence-corrected chi connectivity index (χ4v) is 2.09. The predicted octanol–water partition coefficient (Wildman–Crippen LogP) is 2.42. The number of hydrogen-bond acceptors (Lipinski definition) is 3. The van der Waals surface area contributed by atoms with Crippen LogP contribution in [0.1, 0.15) is 28.6 Å². The van der Waals surface area contributed by atoms with Crippen molar-refractivity contribution in [1.82, 2.24) is 10.4 Å². The third kappa shape index (κ3) is 1.80. The molecule has 1 N–H and O–H groups in total. The molecule has 0 bridgehead atoms. The summed E-state index contributed by atoms with van der Waals surface area (Å²) in [6.45, 7) is 2.00. The summed E-state index contributed by atoms with van der Waals surface area (Å²) >= 11 is 0. The third-order valence-corrected chi connectivity index (χ3v) is 2.92. The lowest BCUT2D eigenvalue weighted by Crippen LogP contribution is -2.23. The van der Waals surface area contributed by atoms with Crippen LogP contribution >= 0.6 is 0 Å². The summed E-state index contributed by atoms with van der Waals surface area (Å²) in [5, 5.41) is 4.19. The standard InChI is InChI=1S/C14H13N3/c1-10-5-4-8-13(16-10)14-12-7-3-2-6-11(12)9-15-17-14/h2-9,14,17H,1H3/t14-/m0/s1. The summed E-state index contributed by atoms with van der Waals surface area (Å²) in [5.41, 5.74) is 7.53. The number of nitrogens with one attached hydrogen (secondary N) is 1. The van der Waals surface area contributed by atoms with Gasteiger partial charge in [0.05, 0.1) is 11.9 Å². The highest BCUT2D eigenvalue weighted by molar-refractivity contribution is 5.83. The molecule has 2 aromatic rings. The van der Waals surface area contributed by atoms with Crippen molar-refractivity contribution in [2.45, 2.75) is 13.0 Å². The van der Waals surface area contributed by atoms with Gasteiger partial charge in [-0.15, -0.1) is 0 Å². The van der Waals surface area contributed by atoms with E-state index in [1.165, 1.54) is 5.56 Å². The minimum absolute atomic E-state index is 0.0519. The molecule has 0 saturated carbocycles. The van der Waals surface area contributed by atoms with E-state index < -0.39 is 0 Å². The van der Waals surface area contributed by atoms with Gasteiger partial charge in [-0.3, -0.25) is 10.4 Å². The first-order valence-corrected chi connectivity index (χ1v) is 5.66. The Kier molecular flexibility index (Phi) is 2.37. The molecule has 0 saturated heterocycles. The first kappa shape index (κ1) is 10.0. The number of pyridine rings is 1. The maximum absolute atomic E-state index is 4.56. The minimum atomic E-state index is 0.0519. The quantitative estimate of drug-likeness (QED) is 0.806. The molecule has 3 rings (SSSR count). The lowest BCUT2D eigenvalue weighted by atomic mass is 9.97. The molecule has 84 valence electrons. The van der Waals surface area contributed by atoms with E-state index in [1.54, 1.807) is 0 Å². The monoisotopic (exact) mass is 223 g/mol. The van der Waals surface area contributed by atoms with Gasteiger partial charge in [0.25, 0.3) is 0 Å². The lowest BCUT2D eigenvalue weighted by molar-refractivity contribution is 0.614. The van der Waals surface area contributed by atoms with Crippen LogP contribution in [0.4, 0.5) is 0 Å². The molecule has 3 heteroatoms. The van der Waals surface area contributed by atoms with Crippen molar-refractivity contribution in [2.24, 2.45) is 5.10 Å². The first-order valence-electron chi connectivity index (χ1n) is 5.66. The number of aryl methyl sites for hydroxylation is 1. The van der Waals surface area contributed by atoms with Crippen molar-refractivity contribution in [1.29, 1.82) is 0 Å². The molecule has 0 aliphatic carbocycles. The van der Waals surface area contributed by atoms with Gasteiger partial charge in [0.15, 0.2) is 0 Å². The number of hydrazone groups is 1. The molecule has 1 atom stereocenters. The zero-order chi connectivity index (χ0) is 11.7. The maximum Gasteiger partial charge on any atom is 0.112 e.